The minimum absolute atomic E-state index is 0.204. The Kier molecular flexibility index (Phi) is 84.8. The molecule has 0 aromatic carbocycles. The molecule has 15 nitrogen and oxygen atoms in total. The molecule has 0 aromatic heterocycles. The lowest BCUT2D eigenvalue weighted by molar-refractivity contribution is -0.119. The second kappa shape index (κ2) is 78.8. The van der Waals surface area contributed by atoms with E-state index in [1.807, 2.05) is 0 Å². The van der Waals surface area contributed by atoms with Crippen LogP contribution in [0.4, 0.5) is 0 Å². The van der Waals surface area contributed by atoms with E-state index in [0.717, 1.165) is 98.0 Å². The van der Waals surface area contributed by atoms with Crippen LogP contribution in [0.1, 0.15) is 189 Å². The highest BCUT2D eigenvalue weighted by Crippen LogP contribution is 2.15. The lowest BCUT2D eigenvalue weighted by Crippen LogP contribution is -2.40. The maximum absolute atomic E-state index is 10.1. The molecule has 8 aliphatic rings. The Hall–Kier alpha value is -1.05. The molecule has 8 fully saturated rings. The van der Waals surface area contributed by atoms with Crippen LogP contribution >= 0.6 is 0 Å². The molecule has 72 heavy (non-hydrogen) atoms. The molecule has 0 unspecified atom stereocenters. The number of piperazine rings is 2. The summed E-state index contributed by atoms with van der Waals surface area (Å²) in [7, 11) is 3.65. The number of nitrogens with zero attached hydrogens (tertiary/aromatic N) is 1. The summed E-state index contributed by atoms with van der Waals surface area (Å²) in [5.41, 5.74) is 4.50. The van der Waals surface area contributed by atoms with E-state index in [4.69, 9.17) is 4.74 Å². The van der Waals surface area contributed by atoms with E-state index in [1.165, 1.54) is 220 Å². The number of likely N-dealkylation sites (N-methyl/N-ethyl adjacent to an activating group) is 1. The molecule has 0 radical (unpaired) electrons. The van der Waals surface area contributed by atoms with Gasteiger partial charge >= 0.3 is 0 Å². The largest absolute Gasteiger partial charge is 0.379 e. The van der Waals surface area contributed by atoms with Crippen molar-refractivity contribution in [3.63, 3.8) is 0 Å². The van der Waals surface area contributed by atoms with Gasteiger partial charge in [-0.3, -0.25) is 4.79 Å². The Morgan fingerprint density at radius 1 is 0.403 bits per heavy atom. The molecule has 13 N–H and O–H groups in total. The normalized spacial score (nSPS) is 19.0. The zero-order chi connectivity index (χ0) is 53.6. The Balaban J connectivity index is -0.000000353. The fourth-order valence-corrected chi connectivity index (χ4v) is 7.38. The average Bonchev–Trinajstić information content (AvgIpc) is 4.15. The van der Waals surface area contributed by atoms with E-state index < -0.39 is 0 Å². The highest BCUT2D eigenvalue weighted by atomic mass is 16.5. The van der Waals surface area contributed by atoms with Gasteiger partial charge in [-0.2, -0.15) is 0 Å². The van der Waals surface area contributed by atoms with Gasteiger partial charge < -0.3 is 73.9 Å². The van der Waals surface area contributed by atoms with Crippen LogP contribution in [-0.2, 0) is 9.53 Å². The molecule has 1 aliphatic carbocycles. The second-order valence-corrected chi connectivity index (χ2v) is 19.1. The van der Waals surface area contributed by atoms with Crippen molar-refractivity contribution in [1.82, 2.24) is 63.4 Å². The highest BCUT2D eigenvalue weighted by molar-refractivity contribution is 5.77. The van der Waals surface area contributed by atoms with Crippen LogP contribution in [-0.4, -0.2) is 189 Å². The van der Waals surface area contributed by atoms with Crippen LogP contribution in [0, 0.1) is 0 Å². The van der Waals surface area contributed by atoms with Crippen molar-refractivity contribution < 1.29 is 9.53 Å². The predicted molar refractivity (Wildman–Crippen MR) is 320 cm³/mol. The van der Waals surface area contributed by atoms with Gasteiger partial charge in [-0.25, -0.2) is 0 Å². The number of nitrogens with two attached hydrogens (primary N) is 1. The minimum Gasteiger partial charge on any atom is -0.379 e. The number of carbonyl (C=O) groups excluding carboxylic acids is 1. The van der Waals surface area contributed by atoms with Crippen LogP contribution in [0.25, 0.3) is 0 Å². The van der Waals surface area contributed by atoms with Gasteiger partial charge in [-0.15, -0.1) is 0 Å². The van der Waals surface area contributed by atoms with E-state index in [-0.39, 0.29) is 5.91 Å². The number of hydrogen-bond acceptors (Lipinski definition) is 14. The van der Waals surface area contributed by atoms with E-state index >= 15 is 0 Å². The Morgan fingerprint density at radius 3 is 0.958 bits per heavy atom. The zero-order valence-corrected chi connectivity index (χ0v) is 49.8. The molecule has 7 heterocycles. The molecule has 1 saturated carbocycles. The van der Waals surface area contributed by atoms with Gasteiger partial charge in [0.1, 0.15) is 0 Å². The van der Waals surface area contributed by atoms with Crippen molar-refractivity contribution in [1.29, 1.82) is 0 Å². The number of nitrogens with one attached hydrogen (secondary N) is 11. The lowest BCUT2D eigenvalue weighted by atomic mass is 10.0. The van der Waals surface area contributed by atoms with E-state index in [2.05, 4.69) is 118 Å². The van der Waals surface area contributed by atoms with Gasteiger partial charge in [-0.1, -0.05) is 112 Å². The molecule has 0 spiro atoms. The molecule has 438 valence electrons. The molecule has 0 aromatic rings. The summed E-state index contributed by atoms with van der Waals surface area (Å²) >= 11 is 0. The molecule has 1 amide bonds. The van der Waals surface area contributed by atoms with Gasteiger partial charge in [-0.05, 0) is 163 Å². The minimum atomic E-state index is 0.204. The molecule has 0 atom stereocenters. The summed E-state index contributed by atoms with van der Waals surface area (Å²) in [6.45, 7) is 41.5. The van der Waals surface area contributed by atoms with Gasteiger partial charge in [0.05, 0.1) is 13.2 Å². The van der Waals surface area contributed by atoms with Crippen molar-refractivity contribution in [3.05, 3.63) is 0 Å². The van der Waals surface area contributed by atoms with E-state index in [9.17, 15) is 4.79 Å². The lowest BCUT2D eigenvalue weighted by Gasteiger charge is -2.21. The summed E-state index contributed by atoms with van der Waals surface area (Å²) in [4.78, 5) is 12.5. The summed E-state index contributed by atoms with van der Waals surface area (Å²) in [6, 6.07) is 0. The first kappa shape index (κ1) is 77.5. The van der Waals surface area contributed by atoms with Crippen LogP contribution < -0.4 is 64.2 Å². The summed E-state index contributed by atoms with van der Waals surface area (Å²) in [5, 5.41) is 35.2. The number of morpholine rings is 1. The quantitative estimate of drug-likeness (QED) is 0.0940. The van der Waals surface area contributed by atoms with Crippen LogP contribution in [0.15, 0.2) is 0 Å². The fraction of sp³-hybridized carbons (Fsp3) is 0.982. The van der Waals surface area contributed by atoms with Crippen molar-refractivity contribution in [2.75, 3.05) is 178 Å². The molecule has 7 aliphatic heterocycles. The Labute approximate surface area is 450 Å². The monoisotopic (exact) mass is 1030 g/mol. The number of ether oxygens (including phenoxy) is 1. The second-order valence-electron chi connectivity index (χ2n) is 19.1. The van der Waals surface area contributed by atoms with Crippen molar-refractivity contribution >= 4 is 5.91 Å². The number of rotatable bonds is 12. The van der Waals surface area contributed by atoms with E-state index in [1.54, 1.807) is 0 Å². The average molecular weight is 1030 g/mol. The third kappa shape index (κ3) is 83.0. The number of unbranched alkanes of at least 4 members (excludes halogenated alkanes) is 2. The van der Waals surface area contributed by atoms with Crippen LogP contribution in [0.2, 0.25) is 0 Å². The third-order valence-electron chi connectivity index (χ3n) is 11.9. The van der Waals surface area contributed by atoms with Crippen molar-refractivity contribution in [2.45, 2.75) is 189 Å². The number of hydrogen-bond donors (Lipinski definition) is 12. The molecular formula is C57H133N13O2. The first-order chi connectivity index (χ1) is 35.5. The van der Waals surface area contributed by atoms with Crippen molar-refractivity contribution in [2.24, 2.45) is 5.73 Å². The zero-order valence-electron chi connectivity index (χ0n) is 49.8. The molecule has 7 saturated heterocycles. The fourth-order valence-electron chi connectivity index (χ4n) is 7.38. The molecule has 0 bridgehead atoms. The SMILES string of the molecule is C1CCCCC1.C1CCCNCC1.C1CCNC1.C1CCNCC1.C1CNCCN1.C1COCCN1.CCCCNCCCC.CCCNCCC.CCNCC.CN.CN1CCNCC1.O=C1CCCN1. The summed E-state index contributed by atoms with van der Waals surface area (Å²) < 4.78 is 5.01. The highest BCUT2D eigenvalue weighted by Gasteiger charge is 2.05. The Bertz CT molecular complexity index is 733. The van der Waals surface area contributed by atoms with Crippen LogP contribution in [0.5, 0.6) is 0 Å². The predicted octanol–water partition coefficient (Wildman–Crippen LogP) is 6.59. The smallest absolute Gasteiger partial charge is 0.220 e. The van der Waals surface area contributed by atoms with Crippen LogP contribution in [0.3, 0.4) is 0 Å². The first-order valence-corrected chi connectivity index (χ1v) is 30.7. The standard InChI is InChI=1S/C8H19N.C6H13N.C6H15N.C6H12.C5H12N2.C5H11N.C4H10N2.C4H9NO.C4H7NO.C4H9N.C4H11N.CH5N/c1-3-5-7-9-8-6-4-2;1-2-4-6-7-5-3-1;1-3-5-7-6-4-2;1-2-4-6-5-3-1;1-7-4-2-6-3-5-7;1-2-4-6-5-3-1;1-2-6-4-3-5-1;1-3-6-4-2-5-1;6-4-2-1-3-5-4;1-2-4-5-3-1;1-3-5-4-2;1-2/h9H,3-8H2,1-2H3;7H,1-6H2;7H,3-6H2,1-2H3;1-6H2;6H,2-5H2,1H3;6H,1-5H2;5-6H,1-4H2;5H,1-4H2;1-3H2,(H,5,6);5H,1-4H2;5H,3-4H2,1-2H3;2H2,1H3. The Morgan fingerprint density at radius 2 is 0.736 bits per heavy atom. The number of piperidine rings is 1. The molecular weight excluding hydrogens is 899 g/mol. The first-order valence-electron chi connectivity index (χ1n) is 30.7. The topological polar surface area (TPSA) is 188 Å². The molecule has 8 rings (SSSR count). The summed E-state index contributed by atoms with van der Waals surface area (Å²) in [5.74, 6) is 0.204. The van der Waals surface area contributed by atoms with Gasteiger partial charge in [0.25, 0.3) is 0 Å². The van der Waals surface area contributed by atoms with Gasteiger partial charge in [0.2, 0.25) is 5.91 Å². The van der Waals surface area contributed by atoms with Crippen molar-refractivity contribution in [3.8, 4) is 0 Å². The third-order valence-corrected chi connectivity index (χ3v) is 11.9. The van der Waals surface area contributed by atoms with E-state index in [0.29, 0.717) is 0 Å². The summed E-state index contributed by atoms with van der Waals surface area (Å²) in [6.07, 6.45) is 31.2. The number of carbonyl (C=O) groups is 1. The van der Waals surface area contributed by atoms with Gasteiger partial charge in [0, 0.05) is 78.4 Å². The maximum Gasteiger partial charge on any atom is 0.220 e. The molecule has 15 heteroatoms. The maximum atomic E-state index is 10.1. The number of amides is 1. The van der Waals surface area contributed by atoms with Gasteiger partial charge in [0.15, 0.2) is 0 Å².